The lowest BCUT2D eigenvalue weighted by Crippen LogP contribution is -2.55. The van der Waals surface area contributed by atoms with E-state index < -0.39 is 178 Å². The van der Waals surface area contributed by atoms with E-state index in [1.807, 2.05) is 0 Å². The average molecular weight is 1180 g/mol. The molecule has 85 heavy (non-hydrogen) atoms. The summed E-state index contributed by atoms with van der Waals surface area (Å²) in [5, 5.41) is 116. The van der Waals surface area contributed by atoms with Crippen molar-refractivity contribution in [1.82, 2.24) is 0 Å². The number of ketones is 4. The van der Waals surface area contributed by atoms with Crippen molar-refractivity contribution in [3.05, 3.63) is 119 Å². The molecule has 9 aliphatic rings. The van der Waals surface area contributed by atoms with E-state index in [9.17, 15) is 65.4 Å². The van der Waals surface area contributed by atoms with Crippen LogP contribution in [0, 0.1) is 69.5 Å². The lowest BCUT2D eigenvalue weighted by atomic mass is 9.59. The molecule has 0 aromatic rings. The molecule has 4 heterocycles. The minimum atomic E-state index is -1.98. The lowest BCUT2D eigenvalue weighted by molar-refractivity contribution is -0.186. The van der Waals surface area contributed by atoms with E-state index in [2.05, 4.69) is 0 Å². The van der Waals surface area contributed by atoms with Gasteiger partial charge < -0.3 is 70.0 Å². The molecule has 20 heteroatoms. The van der Waals surface area contributed by atoms with E-state index in [1.54, 1.807) is 52.8 Å². The molecule has 0 aromatic heterocycles. The van der Waals surface area contributed by atoms with Crippen LogP contribution < -0.4 is 0 Å². The van der Waals surface area contributed by atoms with Gasteiger partial charge in [0.25, 0.3) is 0 Å². The van der Waals surface area contributed by atoms with Gasteiger partial charge in [-0.05, 0) is 117 Å². The maximum absolute atomic E-state index is 15.1. The first-order valence-corrected chi connectivity index (χ1v) is 29.3. The van der Waals surface area contributed by atoms with Crippen molar-refractivity contribution >= 4 is 35.7 Å². The molecule has 20 nitrogen and oxygen atoms in total. The van der Waals surface area contributed by atoms with Crippen molar-refractivity contribution in [3.8, 4) is 0 Å². The number of aliphatic hydroxyl groups excluding tert-OH is 10. The molecule has 10 N–H and O–H groups in total. The zero-order valence-electron chi connectivity index (χ0n) is 49.3. The normalized spacial score (nSPS) is 47.8. The number of aldehydes is 2. The molecule has 462 valence electrons. The van der Waals surface area contributed by atoms with Crippen molar-refractivity contribution in [1.29, 1.82) is 0 Å². The van der Waals surface area contributed by atoms with Crippen LogP contribution in [0.15, 0.2) is 119 Å². The van der Waals surface area contributed by atoms with Gasteiger partial charge in [-0.1, -0.05) is 113 Å². The van der Waals surface area contributed by atoms with E-state index >= 15 is 14.4 Å². The van der Waals surface area contributed by atoms with E-state index in [0.717, 1.165) is 0 Å². The minimum absolute atomic E-state index is 0.0577. The van der Waals surface area contributed by atoms with Crippen LogP contribution in [0.25, 0.3) is 0 Å². The van der Waals surface area contributed by atoms with Crippen molar-refractivity contribution in [2.24, 2.45) is 69.5 Å². The smallest absolute Gasteiger partial charge is 0.177 e. The third-order valence-corrected chi connectivity index (χ3v) is 20.8. The van der Waals surface area contributed by atoms with Crippen LogP contribution in [0.1, 0.15) is 88.0 Å². The van der Waals surface area contributed by atoms with Gasteiger partial charge in [0.05, 0.1) is 37.6 Å². The number of ether oxygens (including phenoxy) is 4. The summed E-state index contributed by atoms with van der Waals surface area (Å²) in [4.78, 5) is 85.4. The number of Topliss-reactive ketones (excluding diaryl/α,β-unsaturated/α-hetero) is 4. The molecule has 4 aliphatic heterocycles. The maximum Gasteiger partial charge on any atom is 0.177 e. The van der Waals surface area contributed by atoms with E-state index in [1.165, 1.54) is 94.5 Å². The molecule has 0 radical (unpaired) electrons. The molecule has 0 saturated carbocycles. The average Bonchev–Trinajstić information content (AvgIpc) is 1.67. The summed E-state index contributed by atoms with van der Waals surface area (Å²) in [5.74, 6) is -12.6. The van der Waals surface area contributed by atoms with Crippen LogP contribution in [0.4, 0.5) is 0 Å². The highest BCUT2D eigenvalue weighted by Crippen LogP contribution is 2.58. The Morgan fingerprint density at radius 2 is 0.871 bits per heavy atom. The molecule has 24 unspecified atom stereocenters. The predicted molar refractivity (Wildman–Crippen MR) is 303 cm³/mol. The molecule has 0 aromatic carbocycles. The Morgan fingerprint density at radius 1 is 0.482 bits per heavy atom. The lowest BCUT2D eigenvalue weighted by Gasteiger charge is -2.47. The Bertz CT molecular complexity index is 3070. The summed E-state index contributed by atoms with van der Waals surface area (Å²) < 4.78 is 25.0. The Morgan fingerprint density at radius 3 is 1.33 bits per heavy atom. The fourth-order valence-electron chi connectivity index (χ4n) is 15.5. The first-order chi connectivity index (χ1) is 39.8. The largest absolute Gasteiger partial charge is 0.392 e. The molecule has 0 amide bonds. The van der Waals surface area contributed by atoms with Crippen molar-refractivity contribution in [2.75, 3.05) is 13.2 Å². The number of rotatable bonds is 4. The molecule has 4 spiro atoms. The van der Waals surface area contributed by atoms with Crippen LogP contribution in [0.2, 0.25) is 0 Å². The number of hydrogen-bond acceptors (Lipinski definition) is 20. The Kier molecular flexibility index (Phi) is 17.5. The molecular formula is C65H82O20. The van der Waals surface area contributed by atoms with Gasteiger partial charge in [-0.25, -0.2) is 0 Å². The summed E-state index contributed by atoms with van der Waals surface area (Å²) in [5.41, 5.74) is -10.6. The highest BCUT2D eigenvalue weighted by Gasteiger charge is 2.69. The number of allylic oxidation sites excluding steroid dienone is 6. The van der Waals surface area contributed by atoms with Gasteiger partial charge in [0.2, 0.25) is 0 Å². The number of carbonyl (C=O) groups excluding carboxylic acids is 6. The highest BCUT2D eigenvalue weighted by molar-refractivity contribution is 5.97. The zero-order valence-corrected chi connectivity index (χ0v) is 49.3. The molecule has 24 atom stereocenters. The Balaban J connectivity index is 1.17. The Labute approximate surface area is 494 Å². The number of hydrogen-bond donors (Lipinski definition) is 10. The topological polar surface area (TPSA) is 342 Å². The second-order valence-electron chi connectivity index (χ2n) is 26.2. The van der Waals surface area contributed by atoms with E-state index in [-0.39, 0.29) is 48.0 Å². The maximum atomic E-state index is 15.1. The SMILES string of the molecule is CC1=CC=CC2(C)C=C(CO)C(C)CC23OC(O)C(C3=O)C(O)C=CC2(C)C=C(C=O)C(C)CC23OC(O)C(C3=O)C(O)C(C)=CC=CC2C=C(CO)C(C)CC23OC(O)C(C3=O)C(O)C=CC2(C)C=C(C=O)C(C)CC23OC(O)C(C3=O)C1O. The minimum Gasteiger partial charge on any atom is -0.392 e. The number of fused-ring (bicyclic) bond motifs is 4. The first kappa shape index (κ1) is 64.3. The Hall–Kier alpha value is -5.14. The third-order valence-electron chi connectivity index (χ3n) is 20.8. The van der Waals surface area contributed by atoms with E-state index in [4.69, 9.17) is 18.9 Å². The van der Waals surface area contributed by atoms with Gasteiger partial charge in [-0.3, -0.25) is 28.8 Å². The van der Waals surface area contributed by atoms with Crippen LogP contribution in [-0.4, -0.2) is 172 Å². The first-order valence-electron chi connectivity index (χ1n) is 29.3. The van der Waals surface area contributed by atoms with Gasteiger partial charge in [-0.15, -0.1) is 0 Å². The van der Waals surface area contributed by atoms with Gasteiger partial charge in [0, 0.05) is 22.2 Å². The van der Waals surface area contributed by atoms with Crippen molar-refractivity contribution in [2.45, 2.75) is 160 Å². The molecule has 5 aliphatic carbocycles. The predicted octanol–water partition coefficient (Wildman–Crippen LogP) is 2.53. The summed E-state index contributed by atoms with van der Waals surface area (Å²) in [6.07, 6.45) is 6.26. The molecule has 4 saturated heterocycles. The van der Waals surface area contributed by atoms with Gasteiger partial charge in [0.15, 0.2) is 48.3 Å². The van der Waals surface area contributed by atoms with Gasteiger partial charge in [-0.2, -0.15) is 0 Å². The van der Waals surface area contributed by atoms with Crippen LogP contribution >= 0.6 is 0 Å². The second kappa shape index (κ2) is 23.1. The van der Waals surface area contributed by atoms with Crippen molar-refractivity contribution in [3.63, 3.8) is 0 Å². The molecule has 4 fully saturated rings. The molecule has 9 rings (SSSR count). The second-order valence-corrected chi connectivity index (χ2v) is 26.2. The van der Waals surface area contributed by atoms with Crippen LogP contribution in [0.5, 0.6) is 0 Å². The third kappa shape index (κ3) is 10.00. The number of aliphatic hydroxyl groups is 10. The highest BCUT2D eigenvalue weighted by atomic mass is 16.6. The van der Waals surface area contributed by atoms with Gasteiger partial charge in [0.1, 0.15) is 58.6 Å². The summed E-state index contributed by atoms with van der Waals surface area (Å²) in [6.45, 7) is 13.8. The van der Waals surface area contributed by atoms with Gasteiger partial charge >= 0.3 is 0 Å². The zero-order chi connectivity index (χ0) is 62.5. The van der Waals surface area contributed by atoms with Crippen LogP contribution in [-0.2, 0) is 47.7 Å². The summed E-state index contributed by atoms with van der Waals surface area (Å²) in [7, 11) is 0. The molecule has 8 bridgehead atoms. The fourth-order valence-corrected chi connectivity index (χ4v) is 15.5. The standard InChI is InChI=1S/C65H82O20/c1-32-12-10-14-42-20-38(28-66)34(3)21-62(42)51(74)45(55(78)82-62)43(70)15-18-60(8)26-40(30-68)37(6)24-65(60)54(77)48(58(81)85-65)50(73)33(2)13-11-17-59(7)25-39(29-67)35(4)22-63(59)52(75)46(56(79)83-63)44(71)16-19-61(9)27-41(31-69)36(5)23-64(61)53(76)47(49(32)72)57(80)84-64/h10-20,25-27,30-31,34-37,42-50,55-58,66-67,70-73,78-81H,21-24,28-29H2,1-9H3. The van der Waals surface area contributed by atoms with Crippen LogP contribution in [0.3, 0.4) is 0 Å². The number of carbonyl (C=O) groups is 6. The van der Waals surface area contributed by atoms with E-state index in [0.29, 0.717) is 23.7 Å². The monoisotopic (exact) mass is 1180 g/mol. The molecular weight excluding hydrogens is 1100 g/mol. The van der Waals surface area contributed by atoms with Crippen molar-refractivity contribution < 1.29 is 98.8 Å². The fraction of sp³-hybridized carbons (Fsp3) is 0.600. The quantitative estimate of drug-likeness (QED) is 0.143. The summed E-state index contributed by atoms with van der Waals surface area (Å²) in [6, 6.07) is 0. The summed E-state index contributed by atoms with van der Waals surface area (Å²) >= 11 is 0.